The third-order valence-electron chi connectivity index (χ3n) is 4.84. The number of ether oxygens (including phenoxy) is 1. The van der Waals surface area contributed by atoms with Gasteiger partial charge >= 0.3 is 5.97 Å². The molecule has 0 bridgehead atoms. The Morgan fingerprint density at radius 3 is 2.73 bits per heavy atom. The van der Waals surface area contributed by atoms with Crippen LogP contribution in [0.5, 0.6) is 0 Å². The molecule has 2 aliphatic carbocycles. The predicted octanol–water partition coefficient (Wildman–Crippen LogP) is 4.71. The molecule has 0 aromatic carbocycles. The number of carbonyl (C=O) groups is 2. The maximum Gasteiger partial charge on any atom is 0.341 e. The second-order valence-corrected chi connectivity index (χ2v) is 8.75. The zero-order valence-electron chi connectivity index (χ0n) is 15.6. The lowest BCUT2D eigenvalue weighted by Crippen LogP contribution is -2.26. The van der Waals surface area contributed by atoms with Gasteiger partial charge in [-0.3, -0.25) is 4.79 Å². The topological polar surface area (TPSA) is 76.0 Å². The van der Waals surface area contributed by atoms with Gasteiger partial charge in [0.2, 0.25) is 0 Å². The Morgan fingerprint density at radius 1 is 1.31 bits per heavy atom. The first-order valence-corrected chi connectivity index (χ1v) is 9.95. The lowest BCUT2D eigenvalue weighted by Gasteiger charge is -2.28. The number of aryl methyl sites for hydroxylation is 1. The number of aliphatic hydroxyl groups excluding tert-OH is 1. The Bertz CT molecular complexity index is 801. The predicted molar refractivity (Wildman–Crippen MR) is 103 cm³/mol. The van der Waals surface area contributed by atoms with Crippen molar-refractivity contribution in [1.82, 2.24) is 0 Å². The second-order valence-electron chi connectivity index (χ2n) is 7.67. The fourth-order valence-corrected chi connectivity index (χ4v) is 4.85. The van der Waals surface area contributed by atoms with Gasteiger partial charge in [0.15, 0.2) is 5.78 Å². The first kappa shape index (κ1) is 18.8. The molecule has 2 aliphatic rings. The van der Waals surface area contributed by atoms with E-state index in [0.29, 0.717) is 30.0 Å². The Morgan fingerprint density at radius 2 is 2.04 bits per heavy atom. The number of hydrogen-bond acceptors (Lipinski definition) is 6. The number of ketones is 1. The van der Waals surface area contributed by atoms with E-state index >= 15 is 0 Å². The molecule has 5 nitrogen and oxygen atoms in total. The number of aliphatic hydroxyl groups is 1. The van der Waals surface area contributed by atoms with Crippen molar-refractivity contribution in [3.8, 4) is 0 Å². The van der Waals surface area contributed by atoms with E-state index in [0.717, 1.165) is 31.2 Å². The molecule has 0 fully saturated rings. The highest BCUT2D eigenvalue weighted by atomic mass is 32.1. The highest BCUT2D eigenvalue weighted by Crippen LogP contribution is 2.41. The van der Waals surface area contributed by atoms with Gasteiger partial charge in [0.05, 0.1) is 17.7 Å². The van der Waals surface area contributed by atoms with Crippen molar-refractivity contribution in [2.24, 2.45) is 10.4 Å². The van der Waals surface area contributed by atoms with Crippen LogP contribution < -0.4 is 0 Å². The van der Waals surface area contributed by atoms with E-state index < -0.39 is 0 Å². The summed E-state index contributed by atoms with van der Waals surface area (Å²) in [5.41, 5.74) is 1.59. The largest absolute Gasteiger partial charge is 0.511 e. The van der Waals surface area contributed by atoms with Crippen molar-refractivity contribution >= 4 is 34.3 Å². The summed E-state index contributed by atoms with van der Waals surface area (Å²) in [4.78, 5) is 30.4. The number of esters is 1. The molecule has 140 valence electrons. The molecule has 1 aromatic heterocycles. The van der Waals surface area contributed by atoms with Gasteiger partial charge in [0.25, 0.3) is 0 Å². The van der Waals surface area contributed by atoms with Gasteiger partial charge in [-0.1, -0.05) is 13.8 Å². The Labute approximate surface area is 157 Å². The third kappa shape index (κ3) is 3.75. The van der Waals surface area contributed by atoms with Gasteiger partial charge in [0.1, 0.15) is 10.8 Å². The number of rotatable bonds is 4. The van der Waals surface area contributed by atoms with Gasteiger partial charge in [-0.05, 0) is 43.6 Å². The minimum absolute atomic E-state index is 0.0778. The van der Waals surface area contributed by atoms with Crippen molar-refractivity contribution in [3.63, 3.8) is 0 Å². The molecule has 1 N–H and O–H groups in total. The van der Waals surface area contributed by atoms with E-state index in [9.17, 15) is 14.7 Å². The molecule has 0 radical (unpaired) electrons. The van der Waals surface area contributed by atoms with E-state index in [4.69, 9.17) is 4.74 Å². The minimum Gasteiger partial charge on any atom is -0.511 e. The molecule has 0 saturated heterocycles. The molecule has 6 heteroatoms. The molecule has 0 aliphatic heterocycles. The first-order valence-electron chi connectivity index (χ1n) is 9.13. The molecule has 0 spiro atoms. The number of allylic oxidation sites excluding steroid dienone is 2. The maximum atomic E-state index is 12.4. The maximum absolute atomic E-state index is 12.4. The van der Waals surface area contributed by atoms with E-state index in [2.05, 4.69) is 4.99 Å². The molecular weight excluding hydrogens is 350 g/mol. The molecule has 0 saturated carbocycles. The van der Waals surface area contributed by atoms with Crippen molar-refractivity contribution in [1.29, 1.82) is 0 Å². The van der Waals surface area contributed by atoms with E-state index in [1.54, 1.807) is 6.92 Å². The average Bonchev–Trinajstić information content (AvgIpc) is 2.91. The number of nitrogens with zero attached hydrogens (tertiary/aromatic N) is 1. The zero-order valence-corrected chi connectivity index (χ0v) is 16.4. The first-order chi connectivity index (χ1) is 12.3. The quantitative estimate of drug-likeness (QED) is 0.611. The summed E-state index contributed by atoms with van der Waals surface area (Å²) in [6.45, 7) is 6.01. The zero-order chi connectivity index (χ0) is 18.9. The second kappa shape index (κ2) is 7.35. The van der Waals surface area contributed by atoms with E-state index in [1.165, 1.54) is 22.4 Å². The molecule has 26 heavy (non-hydrogen) atoms. The van der Waals surface area contributed by atoms with Gasteiger partial charge in [-0.25, -0.2) is 9.79 Å². The van der Waals surface area contributed by atoms with Crippen LogP contribution in [0.1, 0.15) is 67.3 Å². The average molecular weight is 375 g/mol. The van der Waals surface area contributed by atoms with Gasteiger partial charge in [-0.15, -0.1) is 11.3 Å². The molecule has 0 unspecified atom stereocenters. The standard InChI is InChI=1S/C20H25NO4S/c1-4-25-19(24)17-12-7-5-6-8-16(12)26-18(17)21-11-13-14(22)9-20(2,3)10-15(13)23/h11,22H,4-10H2,1-3H3. The summed E-state index contributed by atoms with van der Waals surface area (Å²) >= 11 is 1.49. The van der Waals surface area contributed by atoms with Crippen LogP contribution in [0.15, 0.2) is 16.3 Å². The highest BCUT2D eigenvalue weighted by Gasteiger charge is 2.32. The smallest absolute Gasteiger partial charge is 0.341 e. The van der Waals surface area contributed by atoms with Crippen molar-refractivity contribution in [2.75, 3.05) is 6.61 Å². The minimum atomic E-state index is -0.353. The fraction of sp³-hybridized carbons (Fsp3) is 0.550. The van der Waals surface area contributed by atoms with E-state index in [-0.39, 0.29) is 28.5 Å². The molecule has 1 heterocycles. The Balaban J connectivity index is 1.97. The number of Topliss-reactive ketones (excluding diaryl/α,β-unsaturated/α-hetero) is 1. The molecule has 3 rings (SSSR count). The Kier molecular flexibility index (Phi) is 5.32. The van der Waals surface area contributed by atoms with Gasteiger partial charge in [0, 0.05) is 23.9 Å². The van der Waals surface area contributed by atoms with Crippen LogP contribution in [0.2, 0.25) is 0 Å². The van der Waals surface area contributed by atoms with Crippen LogP contribution in [0.3, 0.4) is 0 Å². The van der Waals surface area contributed by atoms with Gasteiger partial charge in [-0.2, -0.15) is 0 Å². The normalized spacial score (nSPS) is 19.7. The van der Waals surface area contributed by atoms with Gasteiger partial charge < -0.3 is 9.84 Å². The van der Waals surface area contributed by atoms with Crippen molar-refractivity contribution < 1.29 is 19.4 Å². The van der Waals surface area contributed by atoms with E-state index in [1.807, 2.05) is 13.8 Å². The monoisotopic (exact) mass is 375 g/mol. The molecular formula is C20H25NO4S. The highest BCUT2D eigenvalue weighted by molar-refractivity contribution is 7.16. The SMILES string of the molecule is CCOC(=O)c1c(N=CC2=C(O)CC(C)(C)CC2=O)sc2c1CCCC2. The van der Waals surface area contributed by atoms with Crippen LogP contribution in [0.25, 0.3) is 0 Å². The van der Waals surface area contributed by atoms with Crippen molar-refractivity contribution in [2.45, 2.75) is 59.3 Å². The Hall–Kier alpha value is -1.95. The molecule has 1 aromatic rings. The summed E-state index contributed by atoms with van der Waals surface area (Å²) in [5.74, 6) is -0.385. The summed E-state index contributed by atoms with van der Waals surface area (Å²) in [7, 11) is 0. The van der Waals surface area contributed by atoms with Crippen LogP contribution in [0, 0.1) is 5.41 Å². The molecule has 0 atom stereocenters. The lowest BCUT2D eigenvalue weighted by molar-refractivity contribution is -0.117. The fourth-order valence-electron chi connectivity index (χ4n) is 3.63. The van der Waals surface area contributed by atoms with Crippen LogP contribution in [-0.4, -0.2) is 29.7 Å². The lowest BCUT2D eigenvalue weighted by atomic mass is 9.77. The third-order valence-corrected chi connectivity index (χ3v) is 6.04. The summed E-state index contributed by atoms with van der Waals surface area (Å²) < 4.78 is 5.22. The number of hydrogen-bond donors (Lipinski definition) is 1. The number of thiophene rings is 1. The number of carbonyl (C=O) groups excluding carboxylic acids is 2. The van der Waals surface area contributed by atoms with Crippen LogP contribution >= 0.6 is 11.3 Å². The number of aliphatic imine (C=N–C) groups is 1. The van der Waals surface area contributed by atoms with Crippen LogP contribution in [-0.2, 0) is 22.4 Å². The van der Waals surface area contributed by atoms with Crippen LogP contribution in [0.4, 0.5) is 5.00 Å². The summed E-state index contributed by atoms with van der Waals surface area (Å²) in [6, 6.07) is 0. The molecule has 0 amide bonds. The number of fused-ring (bicyclic) bond motifs is 1. The van der Waals surface area contributed by atoms with Crippen molar-refractivity contribution in [3.05, 3.63) is 27.3 Å². The summed E-state index contributed by atoms with van der Waals surface area (Å²) in [6.07, 6.45) is 6.22. The summed E-state index contributed by atoms with van der Waals surface area (Å²) in [5, 5.41) is 10.8.